The maximum Gasteiger partial charge on any atom is 0.137 e. The first-order chi connectivity index (χ1) is 7.86. The molecule has 16 heavy (non-hydrogen) atoms. The summed E-state index contributed by atoms with van der Waals surface area (Å²) in [6.07, 6.45) is 2.16. The SMILES string of the molecule is CC.Cc1onc2c1CCc1ccccc1-2. The van der Waals surface area contributed by atoms with Gasteiger partial charge in [0, 0.05) is 11.1 Å². The van der Waals surface area contributed by atoms with Crippen LogP contribution in [0.25, 0.3) is 11.3 Å². The fourth-order valence-corrected chi connectivity index (χ4v) is 2.13. The van der Waals surface area contributed by atoms with E-state index in [2.05, 4.69) is 29.4 Å². The second-order valence-electron chi connectivity index (χ2n) is 3.72. The van der Waals surface area contributed by atoms with E-state index in [1.165, 1.54) is 16.7 Å². The van der Waals surface area contributed by atoms with Crippen LogP contribution in [0.2, 0.25) is 0 Å². The van der Waals surface area contributed by atoms with Crippen molar-refractivity contribution in [3.8, 4) is 11.3 Å². The molecule has 1 aromatic heterocycles. The van der Waals surface area contributed by atoms with Gasteiger partial charge in [0.05, 0.1) is 0 Å². The fourth-order valence-electron chi connectivity index (χ4n) is 2.13. The minimum Gasteiger partial charge on any atom is -0.361 e. The van der Waals surface area contributed by atoms with Gasteiger partial charge < -0.3 is 4.52 Å². The molecule has 0 radical (unpaired) electrons. The van der Waals surface area contributed by atoms with Crippen molar-refractivity contribution in [1.82, 2.24) is 5.16 Å². The molecule has 1 aliphatic carbocycles. The molecule has 0 fully saturated rings. The minimum atomic E-state index is 0.967. The van der Waals surface area contributed by atoms with E-state index in [4.69, 9.17) is 4.52 Å². The molecule has 1 aromatic carbocycles. The molecule has 1 heterocycles. The van der Waals surface area contributed by atoms with Crippen molar-refractivity contribution in [1.29, 1.82) is 0 Å². The van der Waals surface area contributed by atoms with E-state index >= 15 is 0 Å². The van der Waals surface area contributed by atoms with Gasteiger partial charge in [0.1, 0.15) is 11.5 Å². The summed E-state index contributed by atoms with van der Waals surface area (Å²) in [5.74, 6) is 0.967. The number of rotatable bonds is 0. The molecule has 2 heteroatoms. The lowest BCUT2D eigenvalue weighted by molar-refractivity contribution is 0.398. The van der Waals surface area contributed by atoms with E-state index in [-0.39, 0.29) is 0 Å². The van der Waals surface area contributed by atoms with Crippen LogP contribution in [0.4, 0.5) is 0 Å². The fraction of sp³-hybridized carbons (Fsp3) is 0.357. The average Bonchev–Trinajstić information content (AvgIpc) is 2.74. The molecule has 2 aromatic rings. The highest BCUT2D eigenvalue weighted by Crippen LogP contribution is 2.33. The van der Waals surface area contributed by atoms with Crippen LogP contribution in [0.5, 0.6) is 0 Å². The highest BCUT2D eigenvalue weighted by Gasteiger charge is 2.21. The molecule has 0 atom stereocenters. The van der Waals surface area contributed by atoms with E-state index in [1.807, 2.05) is 20.8 Å². The Morgan fingerprint density at radius 1 is 1.12 bits per heavy atom. The summed E-state index contributed by atoms with van der Waals surface area (Å²) >= 11 is 0. The Balaban J connectivity index is 0.000000457. The molecule has 2 nitrogen and oxygen atoms in total. The van der Waals surface area contributed by atoms with Gasteiger partial charge in [-0.25, -0.2) is 0 Å². The number of hydrogen-bond donors (Lipinski definition) is 0. The van der Waals surface area contributed by atoms with Gasteiger partial charge in [0.2, 0.25) is 0 Å². The molecular weight excluding hydrogens is 198 g/mol. The lowest BCUT2D eigenvalue weighted by Gasteiger charge is -2.13. The van der Waals surface area contributed by atoms with E-state index in [0.717, 1.165) is 24.3 Å². The Labute approximate surface area is 96.3 Å². The van der Waals surface area contributed by atoms with Crippen molar-refractivity contribution in [2.45, 2.75) is 33.6 Å². The molecule has 0 amide bonds. The zero-order valence-corrected chi connectivity index (χ0v) is 10.1. The number of hydrogen-bond acceptors (Lipinski definition) is 2. The standard InChI is InChI=1S/C12H11NO.C2H6/c1-8-10-7-6-9-4-2-3-5-11(9)12(10)13-14-8;1-2/h2-5H,6-7H2,1H3;1-2H3. The molecule has 3 rings (SSSR count). The molecule has 0 saturated carbocycles. The molecule has 0 unspecified atom stereocenters. The van der Waals surface area contributed by atoms with Gasteiger partial charge in [0.15, 0.2) is 0 Å². The van der Waals surface area contributed by atoms with Crippen molar-refractivity contribution in [3.63, 3.8) is 0 Å². The van der Waals surface area contributed by atoms with Gasteiger partial charge >= 0.3 is 0 Å². The van der Waals surface area contributed by atoms with Crippen LogP contribution in [-0.2, 0) is 12.8 Å². The van der Waals surface area contributed by atoms with E-state index in [0.29, 0.717) is 0 Å². The summed E-state index contributed by atoms with van der Waals surface area (Å²) in [5.41, 5.74) is 4.95. The third-order valence-corrected chi connectivity index (χ3v) is 2.90. The largest absolute Gasteiger partial charge is 0.361 e. The molecule has 84 valence electrons. The molecule has 0 bridgehead atoms. The van der Waals surface area contributed by atoms with Gasteiger partial charge in [-0.2, -0.15) is 0 Å². The normalized spacial score (nSPS) is 12.2. The van der Waals surface area contributed by atoms with Gasteiger partial charge in [-0.3, -0.25) is 0 Å². The molecular formula is C14H17NO. The van der Waals surface area contributed by atoms with Crippen LogP contribution in [0.1, 0.15) is 30.7 Å². The molecule has 0 saturated heterocycles. The number of aromatic nitrogens is 1. The Morgan fingerprint density at radius 2 is 1.88 bits per heavy atom. The van der Waals surface area contributed by atoms with Gasteiger partial charge in [-0.1, -0.05) is 43.3 Å². The quantitative estimate of drug-likeness (QED) is 0.668. The summed E-state index contributed by atoms with van der Waals surface area (Å²) in [5, 5.41) is 4.12. The highest BCUT2D eigenvalue weighted by atomic mass is 16.5. The van der Waals surface area contributed by atoms with E-state index < -0.39 is 0 Å². The van der Waals surface area contributed by atoms with Crippen molar-refractivity contribution in [2.75, 3.05) is 0 Å². The zero-order valence-electron chi connectivity index (χ0n) is 10.1. The Bertz CT molecular complexity index is 485. The lowest BCUT2D eigenvalue weighted by atomic mass is 9.89. The number of fused-ring (bicyclic) bond motifs is 3. The number of benzene rings is 1. The second kappa shape index (κ2) is 4.52. The van der Waals surface area contributed by atoms with Crippen LogP contribution in [0.15, 0.2) is 28.8 Å². The topological polar surface area (TPSA) is 26.0 Å². The van der Waals surface area contributed by atoms with Crippen molar-refractivity contribution < 1.29 is 4.52 Å². The highest BCUT2D eigenvalue weighted by molar-refractivity contribution is 5.69. The predicted molar refractivity (Wildman–Crippen MR) is 65.4 cm³/mol. The first-order valence-electron chi connectivity index (χ1n) is 5.89. The summed E-state index contributed by atoms with van der Waals surface area (Å²) < 4.78 is 5.22. The monoisotopic (exact) mass is 215 g/mol. The number of nitrogens with zero attached hydrogens (tertiary/aromatic N) is 1. The summed E-state index contributed by atoms with van der Waals surface area (Å²) in [7, 11) is 0. The van der Waals surface area contributed by atoms with Gasteiger partial charge in [-0.15, -0.1) is 0 Å². The maximum atomic E-state index is 5.22. The first kappa shape index (κ1) is 10.9. The van der Waals surface area contributed by atoms with Gasteiger partial charge in [0.25, 0.3) is 0 Å². The van der Waals surface area contributed by atoms with Crippen LogP contribution in [0.3, 0.4) is 0 Å². The zero-order chi connectivity index (χ0) is 11.5. The van der Waals surface area contributed by atoms with Gasteiger partial charge in [-0.05, 0) is 25.3 Å². The molecule has 0 aliphatic heterocycles. The minimum absolute atomic E-state index is 0.967. The second-order valence-corrected chi connectivity index (χ2v) is 3.72. The van der Waals surface area contributed by atoms with Crippen molar-refractivity contribution in [2.24, 2.45) is 0 Å². The Hall–Kier alpha value is -1.57. The van der Waals surface area contributed by atoms with E-state index in [1.54, 1.807) is 0 Å². The van der Waals surface area contributed by atoms with Crippen molar-refractivity contribution >= 4 is 0 Å². The summed E-state index contributed by atoms with van der Waals surface area (Å²) in [6, 6.07) is 8.42. The average molecular weight is 215 g/mol. The van der Waals surface area contributed by atoms with Crippen LogP contribution < -0.4 is 0 Å². The lowest BCUT2D eigenvalue weighted by Crippen LogP contribution is -2.02. The molecule has 1 aliphatic rings. The molecule has 0 spiro atoms. The summed E-state index contributed by atoms with van der Waals surface area (Å²) in [6.45, 7) is 5.99. The van der Waals surface area contributed by atoms with Crippen LogP contribution >= 0.6 is 0 Å². The van der Waals surface area contributed by atoms with Crippen LogP contribution in [-0.4, -0.2) is 5.16 Å². The molecule has 0 N–H and O–H groups in total. The van der Waals surface area contributed by atoms with E-state index in [9.17, 15) is 0 Å². The maximum absolute atomic E-state index is 5.22. The first-order valence-corrected chi connectivity index (χ1v) is 5.89. The third-order valence-electron chi connectivity index (χ3n) is 2.90. The van der Waals surface area contributed by atoms with Crippen molar-refractivity contribution in [3.05, 3.63) is 41.2 Å². The predicted octanol–water partition coefficient (Wildman–Crippen LogP) is 3.77. The smallest absolute Gasteiger partial charge is 0.137 e. The summed E-state index contributed by atoms with van der Waals surface area (Å²) in [4.78, 5) is 0. The Kier molecular flexibility index (Phi) is 3.09. The number of aryl methyl sites for hydroxylation is 2. The third kappa shape index (κ3) is 1.64. The van der Waals surface area contributed by atoms with Crippen LogP contribution in [0, 0.1) is 6.92 Å². The Morgan fingerprint density at radius 3 is 2.69 bits per heavy atom.